The summed E-state index contributed by atoms with van der Waals surface area (Å²) in [6.45, 7) is 11.4. The van der Waals surface area contributed by atoms with Crippen LogP contribution in [0.3, 0.4) is 0 Å². The van der Waals surface area contributed by atoms with Gasteiger partial charge in [-0.3, -0.25) is 9.80 Å². The molecule has 2 heterocycles. The third-order valence-corrected chi connectivity index (χ3v) is 3.50. The Balaban J connectivity index is 1.91. The van der Waals surface area contributed by atoms with Crippen molar-refractivity contribution >= 4 is 0 Å². The summed E-state index contributed by atoms with van der Waals surface area (Å²) in [5.74, 6) is 1.15. The van der Waals surface area contributed by atoms with Crippen molar-refractivity contribution in [2.24, 2.45) is 7.05 Å². The summed E-state index contributed by atoms with van der Waals surface area (Å²) in [6, 6.07) is 0.584. The minimum absolute atomic E-state index is 0.584. The molecule has 0 amide bonds. The van der Waals surface area contributed by atoms with Crippen LogP contribution in [0.15, 0.2) is 25.0 Å². The van der Waals surface area contributed by atoms with Crippen LogP contribution in [0.4, 0.5) is 0 Å². The van der Waals surface area contributed by atoms with E-state index in [9.17, 15) is 0 Å². The summed E-state index contributed by atoms with van der Waals surface area (Å²) in [5.41, 5.74) is 0. The minimum Gasteiger partial charge on any atom is -0.337 e. The highest BCUT2D eigenvalue weighted by Gasteiger charge is 2.23. The van der Waals surface area contributed by atoms with Crippen LogP contribution in [-0.2, 0) is 13.6 Å². The van der Waals surface area contributed by atoms with E-state index in [1.54, 1.807) is 0 Å². The summed E-state index contributed by atoms with van der Waals surface area (Å²) in [5, 5.41) is 0. The lowest BCUT2D eigenvalue weighted by Gasteiger charge is -2.39. The third-order valence-electron chi connectivity index (χ3n) is 3.50. The van der Waals surface area contributed by atoms with Crippen molar-refractivity contribution in [1.29, 1.82) is 0 Å². The molecule has 2 rings (SSSR count). The third kappa shape index (κ3) is 2.96. The van der Waals surface area contributed by atoms with Crippen LogP contribution in [0.25, 0.3) is 0 Å². The lowest BCUT2D eigenvalue weighted by atomic mass is 10.2. The largest absolute Gasteiger partial charge is 0.337 e. The molecule has 17 heavy (non-hydrogen) atoms. The molecule has 0 aliphatic carbocycles. The Bertz CT molecular complexity index is 371. The van der Waals surface area contributed by atoms with Crippen molar-refractivity contribution in [3.8, 4) is 0 Å². The first kappa shape index (κ1) is 12.3. The number of hydrogen-bond acceptors (Lipinski definition) is 3. The molecule has 4 nitrogen and oxygen atoms in total. The van der Waals surface area contributed by atoms with Crippen LogP contribution in [0.1, 0.15) is 12.7 Å². The summed E-state index contributed by atoms with van der Waals surface area (Å²) in [4.78, 5) is 9.34. The van der Waals surface area contributed by atoms with Crippen LogP contribution in [-0.4, -0.2) is 51.6 Å². The van der Waals surface area contributed by atoms with Gasteiger partial charge in [-0.2, -0.15) is 0 Å². The summed E-state index contributed by atoms with van der Waals surface area (Å²) in [7, 11) is 2.06. The number of hydrogen-bond donors (Lipinski definition) is 0. The minimum atomic E-state index is 0.584. The molecule has 1 fully saturated rings. The molecule has 1 aliphatic heterocycles. The topological polar surface area (TPSA) is 24.3 Å². The predicted molar refractivity (Wildman–Crippen MR) is 69.7 cm³/mol. The second-order valence-corrected chi connectivity index (χ2v) is 4.82. The van der Waals surface area contributed by atoms with Crippen molar-refractivity contribution in [2.45, 2.75) is 19.5 Å². The van der Waals surface area contributed by atoms with E-state index >= 15 is 0 Å². The number of aromatic nitrogens is 2. The van der Waals surface area contributed by atoms with Crippen molar-refractivity contribution in [3.05, 3.63) is 30.9 Å². The molecule has 0 N–H and O–H groups in total. The summed E-state index contributed by atoms with van der Waals surface area (Å²) in [6.07, 6.45) is 5.86. The normalized spacial score (nSPS) is 22.8. The van der Waals surface area contributed by atoms with Gasteiger partial charge >= 0.3 is 0 Å². The highest BCUT2D eigenvalue weighted by atomic mass is 15.3. The first-order valence-electron chi connectivity index (χ1n) is 6.24. The first-order valence-corrected chi connectivity index (χ1v) is 6.24. The Morgan fingerprint density at radius 3 is 2.94 bits per heavy atom. The van der Waals surface area contributed by atoms with Gasteiger partial charge in [0.1, 0.15) is 5.82 Å². The average molecular weight is 234 g/mol. The van der Waals surface area contributed by atoms with Crippen LogP contribution >= 0.6 is 0 Å². The molecule has 0 spiro atoms. The highest BCUT2D eigenvalue weighted by molar-refractivity contribution is 4.93. The Hall–Kier alpha value is -1.13. The van der Waals surface area contributed by atoms with E-state index in [0.717, 1.165) is 38.5 Å². The second-order valence-electron chi connectivity index (χ2n) is 4.82. The molecule has 0 radical (unpaired) electrons. The molecule has 1 saturated heterocycles. The molecule has 1 atom stereocenters. The maximum absolute atomic E-state index is 4.39. The number of imidazole rings is 1. The standard InChI is InChI=1S/C13H22N4/c1-4-6-16-8-9-17(12(2)10-16)11-13-14-5-7-15(13)3/h4-5,7,12H,1,6,8-11H2,2-3H3/t12-/m1/s1. The van der Waals surface area contributed by atoms with Gasteiger partial charge in [-0.1, -0.05) is 6.08 Å². The van der Waals surface area contributed by atoms with Gasteiger partial charge < -0.3 is 4.57 Å². The van der Waals surface area contributed by atoms with Gasteiger partial charge in [0.2, 0.25) is 0 Å². The summed E-state index contributed by atoms with van der Waals surface area (Å²) >= 11 is 0. The maximum Gasteiger partial charge on any atom is 0.122 e. The van der Waals surface area contributed by atoms with Gasteiger partial charge in [0.15, 0.2) is 0 Å². The Morgan fingerprint density at radius 1 is 1.53 bits per heavy atom. The number of nitrogens with zero attached hydrogens (tertiary/aromatic N) is 4. The van der Waals surface area contributed by atoms with E-state index in [1.165, 1.54) is 0 Å². The maximum atomic E-state index is 4.39. The number of piperazine rings is 1. The Kier molecular flexibility index (Phi) is 3.97. The van der Waals surface area contributed by atoms with Crippen LogP contribution < -0.4 is 0 Å². The molecule has 1 aliphatic rings. The van der Waals surface area contributed by atoms with E-state index in [0.29, 0.717) is 6.04 Å². The van der Waals surface area contributed by atoms with Gasteiger partial charge in [-0.15, -0.1) is 6.58 Å². The van der Waals surface area contributed by atoms with Crippen molar-refractivity contribution in [2.75, 3.05) is 26.2 Å². The molecule has 0 bridgehead atoms. The number of rotatable bonds is 4. The van der Waals surface area contributed by atoms with Crippen molar-refractivity contribution < 1.29 is 0 Å². The van der Waals surface area contributed by atoms with E-state index in [2.05, 4.69) is 39.9 Å². The van der Waals surface area contributed by atoms with Gasteiger partial charge in [-0.25, -0.2) is 4.98 Å². The smallest absolute Gasteiger partial charge is 0.122 e. The average Bonchev–Trinajstić information content (AvgIpc) is 2.69. The van der Waals surface area contributed by atoms with Gasteiger partial charge in [-0.05, 0) is 6.92 Å². The van der Waals surface area contributed by atoms with E-state index in [4.69, 9.17) is 0 Å². The molecule has 0 unspecified atom stereocenters. The van der Waals surface area contributed by atoms with E-state index in [-0.39, 0.29) is 0 Å². The van der Waals surface area contributed by atoms with E-state index in [1.807, 2.05) is 18.5 Å². The van der Waals surface area contributed by atoms with Crippen LogP contribution in [0.5, 0.6) is 0 Å². The highest BCUT2D eigenvalue weighted by Crippen LogP contribution is 2.12. The van der Waals surface area contributed by atoms with Gasteiger partial charge in [0.05, 0.1) is 6.54 Å². The lowest BCUT2D eigenvalue weighted by Crippen LogP contribution is -2.51. The zero-order valence-corrected chi connectivity index (χ0v) is 10.8. The molecule has 1 aromatic rings. The quantitative estimate of drug-likeness (QED) is 0.730. The van der Waals surface area contributed by atoms with Crippen LogP contribution in [0.2, 0.25) is 0 Å². The zero-order chi connectivity index (χ0) is 12.3. The molecule has 94 valence electrons. The Labute approximate surface area is 104 Å². The lowest BCUT2D eigenvalue weighted by molar-refractivity contribution is 0.0822. The molecule has 0 saturated carbocycles. The van der Waals surface area contributed by atoms with Gasteiger partial charge in [0.25, 0.3) is 0 Å². The predicted octanol–water partition coefficient (Wildman–Crippen LogP) is 1.11. The Morgan fingerprint density at radius 2 is 2.35 bits per heavy atom. The van der Waals surface area contributed by atoms with Crippen LogP contribution in [0, 0.1) is 0 Å². The second kappa shape index (κ2) is 5.47. The molecular formula is C13H22N4. The van der Waals surface area contributed by atoms with E-state index < -0.39 is 0 Å². The fourth-order valence-electron chi connectivity index (χ4n) is 2.38. The molecule has 0 aromatic carbocycles. The first-order chi connectivity index (χ1) is 8.20. The van der Waals surface area contributed by atoms with Crippen molar-refractivity contribution in [3.63, 3.8) is 0 Å². The molecule has 1 aromatic heterocycles. The van der Waals surface area contributed by atoms with Gasteiger partial charge in [0, 0.05) is 51.7 Å². The summed E-state index contributed by atoms with van der Waals surface area (Å²) < 4.78 is 2.10. The fraction of sp³-hybridized carbons (Fsp3) is 0.615. The molecular weight excluding hydrogens is 212 g/mol. The number of aryl methyl sites for hydroxylation is 1. The van der Waals surface area contributed by atoms with Crippen molar-refractivity contribution in [1.82, 2.24) is 19.4 Å². The fourth-order valence-corrected chi connectivity index (χ4v) is 2.38. The monoisotopic (exact) mass is 234 g/mol. The SMILES string of the molecule is C=CCN1CCN(Cc2nccn2C)[C@H](C)C1. The molecule has 4 heteroatoms. The zero-order valence-electron chi connectivity index (χ0n) is 10.8.